The van der Waals surface area contributed by atoms with Gasteiger partial charge in [0.25, 0.3) is 0 Å². The lowest BCUT2D eigenvalue weighted by Crippen LogP contribution is -2.17. The normalized spacial score (nSPS) is 14.3. The highest BCUT2D eigenvalue weighted by Gasteiger charge is 2.13. The van der Waals surface area contributed by atoms with Crippen molar-refractivity contribution < 1.29 is 19.4 Å². The van der Waals surface area contributed by atoms with Gasteiger partial charge in [0.1, 0.15) is 12.4 Å². The van der Waals surface area contributed by atoms with E-state index in [-0.39, 0.29) is 13.2 Å². The van der Waals surface area contributed by atoms with E-state index in [4.69, 9.17) is 14.6 Å². The van der Waals surface area contributed by atoms with Crippen molar-refractivity contribution in [2.75, 3.05) is 13.2 Å². The number of aliphatic hydroxyl groups excluding tert-OH is 1. The van der Waals surface area contributed by atoms with E-state index in [0.29, 0.717) is 12.2 Å². The van der Waals surface area contributed by atoms with Crippen molar-refractivity contribution in [1.82, 2.24) is 0 Å². The van der Waals surface area contributed by atoms with Gasteiger partial charge in [0.05, 0.1) is 6.61 Å². The molecule has 0 saturated carbocycles. The number of carbonyl (C=O) groups excluding carboxylic acids is 1. The molecule has 2 aromatic rings. The Kier molecular flexibility index (Phi) is 3.67. The topological polar surface area (TPSA) is 55.8 Å². The second-order valence-electron chi connectivity index (χ2n) is 5.70. The van der Waals surface area contributed by atoms with E-state index in [1.165, 1.54) is 27.1 Å². The molecule has 2 aliphatic rings. The maximum Gasteiger partial charge on any atom is 0.513 e. The summed E-state index contributed by atoms with van der Waals surface area (Å²) >= 11 is 0. The molecule has 0 atom stereocenters. The average Bonchev–Trinajstić information content (AvgIpc) is 3.08. The zero-order valence-corrected chi connectivity index (χ0v) is 13.0. The number of fused-ring (bicyclic) bond motifs is 5. The van der Waals surface area contributed by atoms with Crippen LogP contribution in [0.1, 0.15) is 11.1 Å². The number of carbonyl (C=O) groups is 1. The fourth-order valence-electron chi connectivity index (χ4n) is 3.21. The second-order valence-corrected chi connectivity index (χ2v) is 5.70. The molecule has 0 heterocycles. The van der Waals surface area contributed by atoms with Crippen LogP contribution in [0.2, 0.25) is 0 Å². The Morgan fingerprint density at radius 2 is 1.96 bits per heavy atom. The first-order valence-electron chi connectivity index (χ1n) is 7.86. The maximum absolute atomic E-state index is 11.5. The van der Waals surface area contributed by atoms with Gasteiger partial charge < -0.3 is 14.6 Å². The molecule has 0 saturated heterocycles. The van der Waals surface area contributed by atoms with Crippen LogP contribution in [0, 0.1) is 0 Å². The Labute approximate surface area is 138 Å². The molecular formula is C20H16O4. The number of aliphatic hydroxyl groups is 1. The highest BCUT2D eigenvalue weighted by atomic mass is 16.7. The maximum atomic E-state index is 11.5. The average molecular weight is 320 g/mol. The Hall–Kier alpha value is -2.85. The summed E-state index contributed by atoms with van der Waals surface area (Å²) in [6.45, 7) is -0.286. The molecule has 0 unspecified atom stereocenters. The predicted molar refractivity (Wildman–Crippen MR) is 92.5 cm³/mol. The lowest BCUT2D eigenvalue weighted by Gasteiger charge is -2.14. The molecule has 0 radical (unpaired) electrons. The molecule has 0 spiro atoms. The van der Waals surface area contributed by atoms with Crippen molar-refractivity contribution in [2.45, 2.75) is 6.42 Å². The number of allylic oxidation sites excluding steroid dienone is 3. The van der Waals surface area contributed by atoms with E-state index in [1.54, 1.807) is 0 Å². The van der Waals surface area contributed by atoms with Crippen molar-refractivity contribution in [2.24, 2.45) is 0 Å². The molecule has 2 aliphatic carbocycles. The number of rotatable bonds is 3. The van der Waals surface area contributed by atoms with E-state index in [9.17, 15) is 4.79 Å². The molecule has 4 heteroatoms. The SMILES string of the molecule is O=C(OCCO)OC1=CCc2c(ccc3c4c(ccc23)=CC=C4)=C1. The molecule has 0 bridgehead atoms. The van der Waals surface area contributed by atoms with Crippen LogP contribution in [-0.2, 0) is 15.9 Å². The van der Waals surface area contributed by atoms with Gasteiger partial charge in [-0.05, 0) is 50.9 Å². The summed E-state index contributed by atoms with van der Waals surface area (Å²) in [4.78, 5) is 11.5. The van der Waals surface area contributed by atoms with Gasteiger partial charge in [-0.15, -0.1) is 0 Å². The minimum atomic E-state index is -0.797. The van der Waals surface area contributed by atoms with Gasteiger partial charge in [0.2, 0.25) is 0 Å². The standard InChI is InChI=1S/C20H16O4/c21-10-11-23-20(22)24-15-6-9-17-14(12-15)5-8-18-16-3-1-2-13(16)4-7-19(17)18/h1-8,12,21H,9-11H2. The van der Waals surface area contributed by atoms with Gasteiger partial charge in [-0.1, -0.05) is 42.5 Å². The summed E-state index contributed by atoms with van der Waals surface area (Å²) < 4.78 is 9.87. The predicted octanol–water partition coefficient (Wildman–Crippen LogP) is 2.01. The highest BCUT2D eigenvalue weighted by Crippen LogP contribution is 2.23. The Morgan fingerprint density at radius 3 is 2.83 bits per heavy atom. The van der Waals surface area contributed by atoms with Crippen molar-refractivity contribution in [3.8, 4) is 0 Å². The molecule has 0 aromatic heterocycles. The quantitative estimate of drug-likeness (QED) is 0.879. The van der Waals surface area contributed by atoms with Crippen LogP contribution >= 0.6 is 0 Å². The lowest BCUT2D eigenvalue weighted by atomic mass is 9.94. The molecule has 0 aliphatic heterocycles. The Bertz CT molecular complexity index is 1010. The van der Waals surface area contributed by atoms with Crippen LogP contribution in [0.15, 0.2) is 42.2 Å². The number of hydrogen-bond donors (Lipinski definition) is 1. The van der Waals surface area contributed by atoms with E-state index >= 15 is 0 Å². The summed E-state index contributed by atoms with van der Waals surface area (Å²) in [6, 6.07) is 8.46. The highest BCUT2D eigenvalue weighted by molar-refractivity contribution is 5.96. The van der Waals surface area contributed by atoms with Crippen molar-refractivity contribution in [1.29, 1.82) is 0 Å². The number of ether oxygens (including phenoxy) is 2. The number of benzene rings is 2. The van der Waals surface area contributed by atoms with Crippen LogP contribution < -0.4 is 10.4 Å². The Balaban J connectivity index is 1.70. The molecule has 1 N–H and O–H groups in total. The van der Waals surface area contributed by atoms with Crippen LogP contribution in [-0.4, -0.2) is 24.5 Å². The smallest absolute Gasteiger partial charge is 0.432 e. The van der Waals surface area contributed by atoms with Crippen LogP contribution in [0.5, 0.6) is 0 Å². The zero-order chi connectivity index (χ0) is 16.5. The third-order valence-electron chi connectivity index (χ3n) is 4.28. The van der Waals surface area contributed by atoms with E-state index < -0.39 is 6.16 Å². The summed E-state index contributed by atoms with van der Waals surface area (Å²) in [7, 11) is 0. The van der Waals surface area contributed by atoms with Gasteiger partial charge in [-0.3, -0.25) is 0 Å². The minimum absolute atomic E-state index is 0.0665. The van der Waals surface area contributed by atoms with E-state index in [1.807, 2.05) is 12.2 Å². The molecule has 4 nitrogen and oxygen atoms in total. The number of hydrogen-bond acceptors (Lipinski definition) is 4. The van der Waals surface area contributed by atoms with Gasteiger partial charge in [0.15, 0.2) is 0 Å². The molecular weight excluding hydrogens is 304 g/mol. The fourth-order valence-corrected chi connectivity index (χ4v) is 3.21. The summed E-state index contributed by atoms with van der Waals surface area (Å²) in [5, 5.41) is 13.4. The summed E-state index contributed by atoms with van der Waals surface area (Å²) in [5.41, 5.74) is 2.49. The lowest BCUT2D eigenvalue weighted by molar-refractivity contribution is 0.0650. The van der Waals surface area contributed by atoms with Crippen molar-refractivity contribution in [3.05, 3.63) is 63.7 Å². The second kappa shape index (κ2) is 5.98. The van der Waals surface area contributed by atoms with Crippen LogP contribution in [0.3, 0.4) is 0 Å². The van der Waals surface area contributed by atoms with Gasteiger partial charge >= 0.3 is 6.16 Å². The summed E-state index contributed by atoms with van der Waals surface area (Å²) in [5.74, 6) is 0.471. The van der Waals surface area contributed by atoms with Gasteiger partial charge in [-0.25, -0.2) is 4.79 Å². The monoisotopic (exact) mass is 320 g/mol. The third-order valence-corrected chi connectivity index (χ3v) is 4.28. The molecule has 24 heavy (non-hydrogen) atoms. The molecule has 120 valence electrons. The first-order chi connectivity index (χ1) is 11.8. The van der Waals surface area contributed by atoms with E-state index in [0.717, 1.165) is 5.22 Å². The van der Waals surface area contributed by atoms with E-state index in [2.05, 4.69) is 42.5 Å². The zero-order valence-electron chi connectivity index (χ0n) is 13.0. The minimum Gasteiger partial charge on any atom is -0.432 e. The van der Waals surface area contributed by atoms with Crippen LogP contribution in [0.25, 0.3) is 29.0 Å². The fraction of sp³-hybridized carbons (Fsp3) is 0.150. The molecule has 0 amide bonds. The Morgan fingerprint density at radius 1 is 1.12 bits per heavy atom. The van der Waals surface area contributed by atoms with Gasteiger partial charge in [0, 0.05) is 0 Å². The summed E-state index contributed by atoms with van der Waals surface area (Å²) in [6.07, 6.45) is 9.93. The van der Waals surface area contributed by atoms with Gasteiger partial charge in [-0.2, -0.15) is 0 Å². The molecule has 2 aromatic carbocycles. The first-order valence-corrected chi connectivity index (χ1v) is 7.86. The molecule has 0 fully saturated rings. The first kappa shape index (κ1) is 14.7. The van der Waals surface area contributed by atoms with Crippen molar-refractivity contribution >= 4 is 35.2 Å². The molecule has 4 rings (SSSR count). The largest absolute Gasteiger partial charge is 0.513 e. The van der Waals surface area contributed by atoms with Crippen LogP contribution in [0.4, 0.5) is 4.79 Å². The van der Waals surface area contributed by atoms with Crippen molar-refractivity contribution in [3.63, 3.8) is 0 Å². The third kappa shape index (κ3) is 2.51.